The Labute approximate surface area is 161 Å². The van der Waals surface area contributed by atoms with Crippen LogP contribution in [0.3, 0.4) is 0 Å². The lowest BCUT2D eigenvalue weighted by Crippen LogP contribution is -2.26. The molecule has 0 atom stereocenters. The van der Waals surface area contributed by atoms with Crippen molar-refractivity contribution in [3.8, 4) is 11.1 Å². The van der Waals surface area contributed by atoms with Crippen LogP contribution in [0, 0.1) is 0 Å². The molecule has 0 aliphatic carbocycles. The average Bonchev–Trinajstić information content (AvgIpc) is 2.98. The van der Waals surface area contributed by atoms with E-state index < -0.39 is 5.97 Å². The summed E-state index contributed by atoms with van der Waals surface area (Å²) in [5.41, 5.74) is 3.43. The lowest BCUT2D eigenvalue weighted by molar-refractivity contribution is -0.135. The zero-order valence-electron chi connectivity index (χ0n) is 14.9. The van der Waals surface area contributed by atoms with E-state index in [9.17, 15) is 4.79 Å². The molecular weight excluding hydrogens is 370 g/mol. The quantitative estimate of drug-likeness (QED) is 0.621. The Morgan fingerprint density at radius 1 is 1.19 bits per heavy atom. The van der Waals surface area contributed by atoms with Crippen molar-refractivity contribution in [1.82, 2.24) is 9.97 Å². The minimum atomic E-state index is -0.921. The number of nitrogens with zero attached hydrogens (tertiary/aromatic N) is 3. The van der Waals surface area contributed by atoms with Gasteiger partial charge in [-0.25, -0.2) is 4.98 Å². The number of aryl methyl sites for hydroxylation is 2. The first-order valence-corrected chi connectivity index (χ1v) is 9.65. The number of carboxylic acid groups (broad SMARTS) is 1. The summed E-state index contributed by atoms with van der Waals surface area (Å²) in [7, 11) is 1.71. The highest BCUT2D eigenvalue weighted by Gasteiger charge is 2.22. The fourth-order valence-corrected chi connectivity index (χ4v) is 4.36. The SMILES string of the molecule is CCc1ccc(-c2c(CC)sc3nc(Cl)nc(N(C)CC(=O)O)c23)cc1. The van der Waals surface area contributed by atoms with E-state index in [0.717, 1.165) is 34.2 Å². The van der Waals surface area contributed by atoms with Crippen molar-refractivity contribution in [3.63, 3.8) is 0 Å². The van der Waals surface area contributed by atoms with E-state index in [1.165, 1.54) is 10.4 Å². The van der Waals surface area contributed by atoms with E-state index in [0.29, 0.717) is 5.82 Å². The number of carboxylic acids is 1. The predicted octanol–water partition coefficient (Wildman–Crippen LogP) is 4.66. The molecule has 0 unspecified atom stereocenters. The van der Waals surface area contributed by atoms with Gasteiger partial charge in [0, 0.05) is 17.5 Å². The Hall–Kier alpha value is -2.18. The second kappa shape index (κ2) is 7.60. The van der Waals surface area contributed by atoms with Gasteiger partial charge in [-0.1, -0.05) is 38.1 Å². The smallest absolute Gasteiger partial charge is 0.323 e. The third-order valence-corrected chi connectivity index (χ3v) is 5.68. The third-order valence-electron chi connectivity index (χ3n) is 4.28. The van der Waals surface area contributed by atoms with Gasteiger partial charge in [0.1, 0.15) is 17.2 Å². The van der Waals surface area contributed by atoms with Crippen LogP contribution in [0.5, 0.6) is 0 Å². The molecule has 136 valence electrons. The highest BCUT2D eigenvalue weighted by Crippen LogP contribution is 2.42. The van der Waals surface area contributed by atoms with Gasteiger partial charge in [-0.3, -0.25) is 4.79 Å². The summed E-state index contributed by atoms with van der Waals surface area (Å²) < 4.78 is 0. The number of aromatic nitrogens is 2. The standard InChI is InChI=1S/C19H20ClN3O2S/c1-4-11-6-8-12(9-7-11)15-13(5-2)26-18-16(15)17(21-19(20)22-18)23(3)10-14(24)25/h6-9H,4-5,10H2,1-3H3,(H,24,25). The highest BCUT2D eigenvalue weighted by molar-refractivity contribution is 7.19. The molecule has 7 heteroatoms. The molecule has 0 saturated carbocycles. The van der Waals surface area contributed by atoms with Gasteiger partial charge < -0.3 is 10.0 Å². The number of hydrogen-bond acceptors (Lipinski definition) is 5. The summed E-state index contributed by atoms with van der Waals surface area (Å²) in [5, 5.41) is 10.2. The Morgan fingerprint density at radius 2 is 1.88 bits per heavy atom. The van der Waals surface area contributed by atoms with Crippen molar-refractivity contribution in [2.75, 3.05) is 18.5 Å². The van der Waals surface area contributed by atoms with E-state index in [2.05, 4.69) is 48.1 Å². The molecule has 0 saturated heterocycles. The molecular formula is C19H20ClN3O2S. The van der Waals surface area contributed by atoms with Crippen molar-refractivity contribution < 1.29 is 9.90 Å². The van der Waals surface area contributed by atoms with Crippen molar-refractivity contribution in [2.45, 2.75) is 26.7 Å². The molecule has 0 fully saturated rings. The van der Waals surface area contributed by atoms with Crippen LogP contribution in [-0.4, -0.2) is 34.6 Å². The second-order valence-electron chi connectivity index (χ2n) is 6.05. The van der Waals surface area contributed by atoms with Gasteiger partial charge in [0.2, 0.25) is 5.28 Å². The highest BCUT2D eigenvalue weighted by atomic mass is 35.5. The summed E-state index contributed by atoms with van der Waals surface area (Å²) >= 11 is 7.69. The normalized spacial score (nSPS) is 11.1. The minimum absolute atomic E-state index is 0.126. The largest absolute Gasteiger partial charge is 0.480 e. The number of anilines is 1. The summed E-state index contributed by atoms with van der Waals surface area (Å²) in [5.74, 6) is -0.372. The lowest BCUT2D eigenvalue weighted by atomic mass is 10.00. The molecule has 2 heterocycles. The summed E-state index contributed by atoms with van der Waals surface area (Å²) in [6.07, 6.45) is 1.84. The zero-order chi connectivity index (χ0) is 18.8. The maximum atomic E-state index is 11.2. The molecule has 1 N–H and O–H groups in total. The lowest BCUT2D eigenvalue weighted by Gasteiger charge is -2.17. The van der Waals surface area contributed by atoms with Crippen LogP contribution >= 0.6 is 22.9 Å². The van der Waals surface area contributed by atoms with Gasteiger partial charge in [0.15, 0.2) is 0 Å². The first-order valence-electron chi connectivity index (χ1n) is 8.45. The van der Waals surface area contributed by atoms with Gasteiger partial charge >= 0.3 is 5.97 Å². The number of benzene rings is 1. The Balaban J connectivity index is 2.27. The predicted molar refractivity (Wildman–Crippen MR) is 108 cm³/mol. The van der Waals surface area contributed by atoms with E-state index in [1.54, 1.807) is 23.3 Å². The van der Waals surface area contributed by atoms with Crippen molar-refractivity contribution in [3.05, 3.63) is 40.0 Å². The first kappa shape index (κ1) is 18.6. The molecule has 3 rings (SSSR count). The molecule has 5 nitrogen and oxygen atoms in total. The van der Waals surface area contributed by atoms with Gasteiger partial charge in [-0.2, -0.15) is 4.98 Å². The summed E-state index contributed by atoms with van der Waals surface area (Å²) in [6.45, 7) is 4.07. The second-order valence-corrected chi connectivity index (χ2v) is 7.47. The monoisotopic (exact) mass is 389 g/mol. The number of thiophene rings is 1. The van der Waals surface area contributed by atoms with Crippen LogP contribution in [0.25, 0.3) is 21.3 Å². The fourth-order valence-electron chi connectivity index (χ4n) is 3.02. The van der Waals surface area contributed by atoms with Crippen molar-refractivity contribution in [1.29, 1.82) is 0 Å². The molecule has 0 amide bonds. The molecule has 2 aromatic heterocycles. The molecule has 0 bridgehead atoms. The van der Waals surface area contributed by atoms with Crippen molar-refractivity contribution in [2.24, 2.45) is 0 Å². The fraction of sp³-hybridized carbons (Fsp3) is 0.316. The van der Waals surface area contributed by atoms with Crippen LogP contribution in [0.2, 0.25) is 5.28 Å². The molecule has 0 spiro atoms. The van der Waals surface area contributed by atoms with Gasteiger partial charge in [0.05, 0.1) is 5.39 Å². The van der Waals surface area contributed by atoms with Crippen LogP contribution in [0.4, 0.5) is 5.82 Å². The average molecular weight is 390 g/mol. The number of fused-ring (bicyclic) bond motifs is 1. The molecule has 0 aliphatic heterocycles. The third kappa shape index (κ3) is 3.52. The Kier molecular flexibility index (Phi) is 5.44. The van der Waals surface area contributed by atoms with E-state index in [-0.39, 0.29) is 11.8 Å². The molecule has 0 radical (unpaired) electrons. The summed E-state index contributed by atoms with van der Waals surface area (Å²) in [4.78, 5) is 23.5. The van der Waals surface area contributed by atoms with Gasteiger partial charge in [-0.05, 0) is 35.6 Å². The zero-order valence-corrected chi connectivity index (χ0v) is 16.5. The molecule has 26 heavy (non-hydrogen) atoms. The van der Waals surface area contributed by atoms with Gasteiger partial charge in [0.25, 0.3) is 0 Å². The Bertz CT molecular complexity index is 954. The van der Waals surface area contributed by atoms with Crippen LogP contribution in [0.1, 0.15) is 24.3 Å². The summed E-state index contributed by atoms with van der Waals surface area (Å²) in [6, 6.07) is 8.45. The van der Waals surface area contributed by atoms with Gasteiger partial charge in [-0.15, -0.1) is 11.3 Å². The minimum Gasteiger partial charge on any atom is -0.480 e. The Morgan fingerprint density at radius 3 is 2.46 bits per heavy atom. The molecule has 3 aromatic rings. The number of hydrogen-bond donors (Lipinski definition) is 1. The maximum absolute atomic E-state index is 11.2. The topological polar surface area (TPSA) is 66.3 Å². The number of aliphatic carboxylic acids is 1. The van der Waals surface area contributed by atoms with Crippen molar-refractivity contribution >= 4 is 44.9 Å². The van der Waals surface area contributed by atoms with Crippen LogP contribution in [0.15, 0.2) is 24.3 Å². The van der Waals surface area contributed by atoms with E-state index in [1.807, 2.05) is 0 Å². The maximum Gasteiger partial charge on any atom is 0.323 e. The molecule has 1 aromatic carbocycles. The van der Waals surface area contributed by atoms with Crippen LogP contribution < -0.4 is 4.90 Å². The number of carbonyl (C=O) groups is 1. The van der Waals surface area contributed by atoms with E-state index in [4.69, 9.17) is 16.7 Å². The number of halogens is 1. The first-order chi connectivity index (χ1) is 12.4. The molecule has 0 aliphatic rings. The van der Waals surface area contributed by atoms with E-state index >= 15 is 0 Å². The number of rotatable bonds is 6. The van der Waals surface area contributed by atoms with Crippen LogP contribution in [-0.2, 0) is 17.6 Å². The number of likely N-dealkylation sites (N-methyl/N-ethyl adjacent to an activating group) is 1.